The van der Waals surface area contributed by atoms with Crippen molar-refractivity contribution in [3.63, 3.8) is 0 Å². The fourth-order valence-corrected chi connectivity index (χ4v) is 3.96. The average Bonchev–Trinajstić information content (AvgIpc) is 2.77. The predicted octanol–water partition coefficient (Wildman–Crippen LogP) is 3.24. The molecule has 1 rings (SSSR count). The number of Topliss-reactive ketones (excluding diaryl/α,β-unsaturated/α-hetero) is 1. The van der Waals surface area contributed by atoms with Crippen LogP contribution in [-0.4, -0.2) is 70.1 Å². The van der Waals surface area contributed by atoms with E-state index in [1.54, 1.807) is 0 Å². The lowest BCUT2D eigenvalue weighted by Gasteiger charge is -2.39. The van der Waals surface area contributed by atoms with Crippen molar-refractivity contribution in [1.29, 1.82) is 0 Å². The molecule has 5 atom stereocenters. The Hall–Kier alpha value is -0.570. The number of unbranched alkanes of at least 4 members (excludes halogenated alkanes) is 12. The lowest BCUT2D eigenvalue weighted by atomic mass is 9.99. The van der Waals surface area contributed by atoms with Crippen LogP contribution in [0.25, 0.3) is 0 Å². The minimum Gasteiger partial charge on any atom is -0.394 e. The SMILES string of the molecule is CCCCCCCCCCCCCCCC(=O)CCOC1OC(CO)C(O)C(O)C1O. The molecule has 184 valence electrons. The number of aliphatic hydroxyl groups excluding tert-OH is 4. The van der Waals surface area contributed by atoms with Gasteiger partial charge in [-0.25, -0.2) is 0 Å². The van der Waals surface area contributed by atoms with Crippen molar-refractivity contribution in [1.82, 2.24) is 0 Å². The number of rotatable bonds is 19. The maximum atomic E-state index is 12.0. The Morgan fingerprint density at radius 2 is 1.26 bits per heavy atom. The molecule has 5 unspecified atom stereocenters. The number of ether oxygens (including phenoxy) is 2. The van der Waals surface area contributed by atoms with E-state index in [2.05, 4.69) is 6.92 Å². The van der Waals surface area contributed by atoms with Crippen LogP contribution in [0.2, 0.25) is 0 Å². The van der Waals surface area contributed by atoms with Crippen molar-refractivity contribution >= 4 is 5.78 Å². The molecule has 1 aliphatic heterocycles. The molecule has 0 bridgehead atoms. The van der Waals surface area contributed by atoms with Crippen molar-refractivity contribution in [3.05, 3.63) is 0 Å². The molecule has 0 aromatic heterocycles. The summed E-state index contributed by atoms with van der Waals surface area (Å²) < 4.78 is 10.6. The topological polar surface area (TPSA) is 116 Å². The summed E-state index contributed by atoms with van der Waals surface area (Å²) in [6, 6.07) is 0. The molecule has 0 aliphatic carbocycles. The highest BCUT2D eigenvalue weighted by molar-refractivity contribution is 5.78. The molecule has 1 saturated heterocycles. The van der Waals surface area contributed by atoms with Gasteiger partial charge >= 0.3 is 0 Å². The normalized spacial score (nSPS) is 26.3. The number of hydrogen-bond donors (Lipinski definition) is 4. The zero-order valence-corrected chi connectivity index (χ0v) is 19.4. The molecule has 0 aromatic rings. The average molecular weight is 447 g/mol. The van der Waals surface area contributed by atoms with Gasteiger partial charge < -0.3 is 29.9 Å². The van der Waals surface area contributed by atoms with Crippen molar-refractivity contribution in [2.45, 2.75) is 134 Å². The van der Waals surface area contributed by atoms with Crippen LogP contribution in [0.1, 0.15) is 103 Å². The maximum Gasteiger partial charge on any atom is 0.186 e. The third kappa shape index (κ3) is 12.3. The minimum absolute atomic E-state index is 0.0694. The maximum absolute atomic E-state index is 12.0. The summed E-state index contributed by atoms with van der Waals surface area (Å²) in [4.78, 5) is 12.0. The molecule has 7 nitrogen and oxygen atoms in total. The Morgan fingerprint density at radius 1 is 0.742 bits per heavy atom. The van der Waals surface area contributed by atoms with Crippen molar-refractivity contribution < 1.29 is 34.7 Å². The van der Waals surface area contributed by atoms with Crippen molar-refractivity contribution in [2.24, 2.45) is 0 Å². The molecular formula is C24H46O7. The molecular weight excluding hydrogens is 400 g/mol. The Kier molecular flexibility index (Phi) is 16.5. The third-order valence-electron chi connectivity index (χ3n) is 6.07. The Balaban J connectivity index is 1.95. The first kappa shape index (κ1) is 28.5. The predicted molar refractivity (Wildman–Crippen MR) is 120 cm³/mol. The van der Waals surface area contributed by atoms with E-state index in [0.29, 0.717) is 6.42 Å². The van der Waals surface area contributed by atoms with Crippen LogP contribution in [0.3, 0.4) is 0 Å². The number of hydrogen-bond acceptors (Lipinski definition) is 7. The molecule has 31 heavy (non-hydrogen) atoms. The molecule has 4 N–H and O–H groups in total. The molecule has 1 aliphatic rings. The molecule has 0 radical (unpaired) electrons. The summed E-state index contributed by atoms with van der Waals surface area (Å²) in [5.41, 5.74) is 0. The summed E-state index contributed by atoms with van der Waals surface area (Å²) in [6.07, 6.45) is 10.8. The molecule has 1 heterocycles. The molecule has 1 fully saturated rings. The van der Waals surface area contributed by atoms with E-state index in [4.69, 9.17) is 14.6 Å². The van der Waals surface area contributed by atoms with Gasteiger partial charge in [-0.05, 0) is 6.42 Å². The molecule has 0 spiro atoms. The number of carbonyl (C=O) groups is 1. The monoisotopic (exact) mass is 446 g/mol. The van der Waals surface area contributed by atoms with Crippen LogP contribution in [0, 0.1) is 0 Å². The largest absolute Gasteiger partial charge is 0.394 e. The van der Waals surface area contributed by atoms with Gasteiger partial charge in [-0.1, -0.05) is 84.0 Å². The molecule has 7 heteroatoms. The standard InChI is InChI=1S/C24H46O7/c1-2-3-4-5-6-7-8-9-10-11-12-13-14-15-19(26)16-17-30-24-23(29)22(28)21(27)20(18-25)31-24/h20-25,27-29H,2-18H2,1H3. The zero-order valence-electron chi connectivity index (χ0n) is 19.4. The van der Waals surface area contributed by atoms with Crippen LogP contribution >= 0.6 is 0 Å². The molecule has 0 aromatic carbocycles. The van der Waals surface area contributed by atoms with Gasteiger partial charge in [0.05, 0.1) is 13.2 Å². The highest BCUT2D eigenvalue weighted by Gasteiger charge is 2.43. The third-order valence-corrected chi connectivity index (χ3v) is 6.07. The summed E-state index contributed by atoms with van der Waals surface area (Å²) >= 11 is 0. The fraction of sp³-hybridized carbons (Fsp3) is 0.958. The second-order valence-corrected chi connectivity index (χ2v) is 8.85. The van der Waals surface area contributed by atoms with Gasteiger partial charge in [-0.15, -0.1) is 0 Å². The van der Waals surface area contributed by atoms with Gasteiger partial charge in [0.2, 0.25) is 0 Å². The quantitative estimate of drug-likeness (QED) is 0.225. The van der Waals surface area contributed by atoms with Crippen molar-refractivity contribution in [2.75, 3.05) is 13.2 Å². The zero-order chi connectivity index (χ0) is 22.9. The van der Waals surface area contributed by atoms with E-state index in [1.807, 2.05) is 0 Å². The summed E-state index contributed by atoms with van der Waals surface area (Å²) in [5, 5.41) is 38.5. The van der Waals surface area contributed by atoms with Crippen LogP contribution < -0.4 is 0 Å². The van der Waals surface area contributed by atoms with E-state index >= 15 is 0 Å². The first-order valence-electron chi connectivity index (χ1n) is 12.4. The molecule has 0 amide bonds. The van der Waals surface area contributed by atoms with Crippen LogP contribution in [0.4, 0.5) is 0 Å². The van der Waals surface area contributed by atoms with Gasteiger partial charge in [0.25, 0.3) is 0 Å². The lowest BCUT2D eigenvalue weighted by molar-refractivity contribution is -0.300. The van der Waals surface area contributed by atoms with Gasteiger partial charge in [0.15, 0.2) is 6.29 Å². The summed E-state index contributed by atoms with van der Waals surface area (Å²) in [7, 11) is 0. The number of aliphatic hydroxyl groups is 4. The van der Waals surface area contributed by atoms with Gasteiger partial charge in [0.1, 0.15) is 30.2 Å². The van der Waals surface area contributed by atoms with E-state index in [-0.39, 0.29) is 18.8 Å². The Labute approximate surface area is 188 Å². The van der Waals surface area contributed by atoms with E-state index in [9.17, 15) is 20.1 Å². The fourth-order valence-electron chi connectivity index (χ4n) is 3.96. The number of ketones is 1. The minimum atomic E-state index is -1.46. The summed E-state index contributed by atoms with van der Waals surface area (Å²) in [6.45, 7) is 1.82. The van der Waals surface area contributed by atoms with Crippen molar-refractivity contribution in [3.8, 4) is 0 Å². The summed E-state index contributed by atoms with van der Waals surface area (Å²) in [5.74, 6) is 0.104. The first-order valence-corrected chi connectivity index (χ1v) is 12.4. The van der Waals surface area contributed by atoms with Crippen LogP contribution in [0.5, 0.6) is 0 Å². The van der Waals surface area contributed by atoms with E-state index in [1.165, 1.54) is 70.6 Å². The smallest absolute Gasteiger partial charge is 0.186 e. The van der Waals surface area contributed by atoms with Gasteiger partial charge in [0, 0.05) is 12.8 Å². The highest BCUT2D eigenvalue weighted by atomic mass is 16.7. The highest BCUT2D eigenvalue weighted by Crippen LogP contribution is 2.22. The van der Waals surface area contributed by atoms with Gasteiger partial charge in [-0.2, -0.15) is 0 Å². The Morgan fingerprint density at radius 3 is 1.77 bits per heavy atom. The van der Waals surface area contributed by atoms with E-state index < -0.39 is 37.3 Å². The lowest BCUT2D eigenvalue weighted by Crippen LogP contribution is -2.59. The second-order valence-electron chi connectivity index (χ2n) is 8.85. The number of carbonyl (C=O) groups excluding carboxylic acids is 1. The van der Waals surface area contributed by atoms with Gasteiger partial charge in [-0.3, -0.25) is 4.79 Å². The van der Waals surface area contributed by atoms with Crippen LogP contribution in [0.15, 0.2) is 0 Å². The second kappa shape index (κ2) is 17.9. The van der Waals surface area contributed by atoms with Crippen LogP contribution in [-0.2, 0) is 14.3 Å². The molecule has 0 saturated carbocycles. The first-order chi connectivity index (χ1) is 15.0. The Bertz CT molecular complexity index is 444. The van der Waals surface area contributed by atoms with E-state index in [0.717, 1.165) is 12.8 Å².